The van der Waals surface area contributed by atoms with Gasteiger partial charge in [-0.25, -0.2) is 12.8 Å². The molecule has 0 atom stereocenters. The van der Waals surface area contributed by atoms with Crippen LogP contribution in [-0.4, -0.2) is 49.7 Å². The Kier molecular flexibility index (Phi) is 5.41. The van der Waals surface area contributed by atoms with Crippen molar-refractivity contribution >= 4 is 15.9 Å². The molecular formula is C16H23FN2O3S. The summed E-state index contributed by atoms with van der Waals surface area (Å²) in [5.74, 6) is -0.478. The van der Waals surface area contributed by atoms with E-state index < -0.39 is 15.8 Å². The highest BCUT2D eigenvalue weighted by Crippen LogP contribution is 2.20. The van der Waals surface area contributed by atoms with E-state index in [0.717, 1.165) is 0 Å². The Hall–Kier alpha value is -1.47. The number of amides is 1. The summed E-state index contributed by atoms with van der Waals surface area (Å²) in [6.07, 6.45) is 0.595. The van der Waals surface area contributed by atoms with Crippen LogP contribution in [0.4, 0.5) is 4.39 Å². The molecule has 0 spiro atoms. The summed E-state index contributed by atoms with van der Waals surface area (Å²) in [7, 11) is -3.67. The molecule has 1 aromatic carbocycles. The molecule has 7 heteroatoms. The SMILES string of the molecule is Cc1cc(S(=O)(=O)N2CCCN(C(=O)C(C)C)CC2)ccc1F. The number of hydrogen-bond acceptors (Lipinski definition) is 3. The Balaban J connectivity index is 2.18. The van der Waals surface area contributed by atoms with Crippen LogP contribution in [-0.2, 0) is 14.8 Å². The van der Waals surface area contributed by atoms with E-state index in [0.29, 0.717) is 31.6 Å². The van der Waals surface area contributed by atoms with Gasteiger partial charge in [-0.2, -0.15) is 4.31 Å². The van der Waals surface area contributed by atoms with Crippen molar-refractivity contribution in [2.45, 2.75) is 32.1 Å². The highest BCUT2D eigenvalue weighted by Gasteiger charge is 2.29. The molecule has 1 aliphatic rings. The van der Waals surface area contributed by atoms with Crippen LogP contribution in [0.2, 0.25) is 0 Å². The smallest absolute Gasteiger partial charge is 0.243 e. The van der Waals surface area contributed by atoms with Crippen LogP contribution in [0.3, 0.4) is 0 Å². The Labute approximate surface area is 137 Å². The summed E-state index contributed by atoms with van der Waals surface area (Å²) < 4.78 is 40.2. The summed E-state index contributed by atoms with van der Waals surface area (Å²) in [6.45, 7) is 6.78. The zero-order valence-electron chi connectivity index (χ0n) is 13.8. The van der Waals surface area contributed by atoms with Crippen molar-refractivity contribution in [2.75, 3.05) is 26.2 Å². The van der Waals surface area contributed by atoms with Gasteiger partial charge in [0.1, 0.15) is 5.82 Å². The van der Waals surface area contributed by atoms with E-state index in [2.05, 4.69) is 0 Å². The van der Waals surface area contributed by atoms with Gasteiger partial charge in [0.2, 0.25) is 15.9 Å². The van der Waals surface area contributed by atoms with Gasteiger partial charge >= 0.3 is 0 Å². The minimum absolute atomic E-state index is 0.0434. The monoisotopic (exact) mass is 342 g/mol. The van der Waals surface area contributed by atoms with Crippen LogP contribution < -0.4 is 0 Å². The fourth-order valence-electron chi connectivity index (χ4n) is 2.65. The van der Waals surface area contributed by atoms with Gasteiger partial charge in [-0.1, -0.05) is 13.8 Å². The second kappa shape index (κ2) is 6.97. The summed E-state index contributed by atoms with van der Waals surface area (Å²) >= 11 is 0. The average Bonchev–Trinajstić information content (AvgIpc) is 2.75. The topological polar surface area (TPSA) is 57.7 Å². The van der Waals surface area contributed by atoms with Crippen molar-refractivity contribution in [1.82, 2.24) is 9.21 Å². The van der Waals surface area contributed by atoms with Gasteiger partial charge < -0.3 is 4.90 Å². The molecule has 1 heterocycles. The molecule has 0 unspecified atom stereocenters. The van der Waals surface area contributed by atoms with E-state index in [4.69, 9.17) is 0 Å². The molecule has 0 saturated carbocycles. The lowest BCUT2D eigenvalue weighted by Gasteiger charge is -2.23. The van der Waals surface area contributed by atoms with E-state index in [1.165, 1.54) is 22.5 Å². The standard InChI is InChI=1S/C16H23FN2O3S/c1-12(2)16(20)18-7-4-8-19(10-9-18)23(21,22)14-5-6-15(17)13(3)11-14/h5-6,11-12H,4,7-10H2,1-3H3. The van der Waals surface area contributed by atoms with Crippen LogP contribution in [0.1, 0.15) is 25.8 Å². The molecule has 1 amide bonds. The number of halogens is 1. The first-order valence-electron chi connectivity index (χ1n) is 7.78. The van der Waals surface area contributed by atoms with E-state index in [9.17, 15) is 17.6 Å². The van der Waals surface area contributed by atoms with Crippen LogP contribution >= 0.6 is 0 Å². The van der Waals surface area contributed by atoms with Crippen molar-refractivity contribution in [2.24, 2.45) is 5.92 Å². The van der Waals surface area contributed by atoms with Gasteiger partial charge in [0.15, 0.2) is 0 Å². The average molecular weight is 342 g/mol. The minimum atomic E-state index is -3.67. The molecule has 5 nitrogen and oxygen atoms in total. The number of sulfonamides is 1. The van der Waals surface area contributed by atoms with Crippen molar-refractivity contribution in [3.05, 3.63) is 29.6 Å². The van der Waals surface area contributed by atoms with Gasteiger partial charge in [0.05, 0.1) is 4.90 Å². The largest absolute Gasteiger partial charge is 0.341 e. The maximum atomic E-state index is 13.4. The molecule has 1 aromatic rings. The lowest BCUT2D eigenvalue weighted by Crippen LogP contribution is -2.38. The molecule has 23 heavy (non-hydrogen) atoms. The maximum absolute atomic E-state index is 13.4. The number of nitrogens with zero attached hydrogens (tertiary/aromatic N) is 2. The molecule has 0 N–H and O–H groups in total. The van der Waals surface area contributed by atoms with E-state index in [-0.39, 0.29) is 23.3 Å². The highest BCUT2D eigenvalue weighted by atomic mass is 32.2. The number of aryl methyl sites for hydroxylation is 1. The fourth-order valence-corrected chi connectivity index (χ4v) is 4.20. The quantitative estimate of drug-likeness (QED) is 0.844. The molecule has 128 valence electrons. The zero-order chi connectivity index (χ0) is 17.2. The van der Waals surface area contributed by atoms with Crippen LogP contribution in [0, 0.1) is 18.7 Å². The zero-order valence-corrected chi connectivity index (χ0v) is 14.6. The summed E-state index contributed by atoms with van der Waals surface area (Å²) in [6, 6.07) is 3.82. The molecule has 1 aliphatic heterocycles. The molecule has 0 radical (unpaired) electrons. The van der Waals surface area contributed by atoms with Gasteiger partial charge in [0, 0.05) is 32.1 Å². The third-order valence-corrected chi connectivity index (χ3v) is 5.92. The highest BCUT2D eigenvalue weighted by molar-refractivity contribution is 7.89. The van der Waals surface area contributed by atoms with Crippen LogP contribution in [0.5, 0.6) is 0 Å². The van der Waals surface area contributed by atoms with E-state index in [1.54, 1.807) is 11.8 Å². The molecule has 0 bridgehead atoms. The first-order chi connectivity index (χ1) is 10.7. The Morgan fingerprint density at radius 1 is 1.17 bits per heavy atom. The molecule has 0 aromatic heterocycles. The third kappa shape index (κ3) is 3.90. The van der Waals surface area contributed by atoms with Crippen molar-refractivity contribution in [3.63, 3.8) is 0 Å². The third-order valence-electron chi connectivity index (χ3n) is 4.03. The summed E-state index contributed by atoms with van der Waals surface area (Å²) in [5.41, 5.74) is 0.303. The van der Waals surface area contributed by atoms with Crippen LogP contribution in [0.25, 0.3) is 0 Å². The number of carbonyl (C=O) groups excluding carboxylic acids is 1. The van der Waals surface area contributed by atoms with Gasteiger partial charge in [-0.05, 0) is 37.1 Å². The predicted molar refractivity (Wildman–Crippen MR) is 85.9 cm³/mol. The van der Waals surface area contributed by atoms with Gasteiger partial charge in [-0.15, -0.1) is 0 Å². The fraction of sp³-hybridized carbons (Fsp3) is 0.562. The number of rotatable bonds is 3. The first kappa shape index (κ1) is 17.9. The molecule has 1 fully saturated rings. The summed E-state index contributed by atoms with van der Waals surface area (Å²) in [5, 5.41) is 0. The normalized spacial score (nSPS) is 17.3. The number of hydrogen-bond donors (Lipinski definition) is 0. The van der Waals surface area contributed by atoms with Crippen LogP contribution in [0.15, 0.2) is 23.1 Å². The Morgan fingerprint density at radius 2 is 1.87 bits per heavy atom. The van der Waals surface area contributed by atoms with E-state index in [1.807, 2.05) is 13.8 Å². The molecule has 0 aliphatic carbocycles. The van der Waals surface area contributed by atoms with Crippen molar-refractivity contribution < 1.29 is 17.6 Å². The lowest BCUT2D eigenvalue weighted by molar-refractivity contribution is -0.134. The molecular weight excluding hydrogens is 319 g/mol. The molecule has 1 saturated heterocycles. The second-order valence-corrected chi connectivity index (χ2v) is 8.09. The van der Waals surface area contributed by atoms with Gasteiger partial charge in [0.25, 0.3) is 0 Å². The molecule has 2 rings (SSSR count). The minimum Gasteiger partial charge on any atom is -0.341 e. The predicted octanol–water partition coefficient (Wildman–Crippen LogP) is 2.01. The first-order valence-corrected chi connectivity index (χ1v) is 9.22. The van der Waals surface area contributed by atoms with Gasteiger partial charge in [-0.3, -0.25) is 4.79 Å². The van der Waals surface area contributed by atoms with E-state index >= 15 is 0 Å². The Bertz CT molecular complexity index is 689. The lowest BCUT2D eigenvalue weighted by atomic mass is 10.2. The second-order valence-electron chi connectivity index (χ2n) is 6.15. The van der Waals surface area contributed by atoms with Crippen molar-refractivity contribution in [1.29, 1.82) is 0 Å². The number of benzene rings is 1. The maximum Gasteiger partial charge on any atom is 0.243 e. The van der Waals surface area contributed by atoms with Crippen molar-refractivity contribution in [3.8, 4) is 0 Å². The summed E-state index contributed by atoms with van der Waals surface area (Å²) in [4.78, 5) is 13.9. The Morgan fingerprint density at radius 3 is 2.48 bits per heavy atom. The number of carbonyl (C=O) groups is 1.